The lowest BCUT2D eigenvalue weighted by Gasteiger charge is -2.12. The summed E-state index contributed by atoms with van der Waals surface area (Å²) in [7, 11) is 0. The summed E-state index contributed by atoms with van der Waals surface area (Å²) in [6.07, 6.45) is 3.74. The van der Waals surface area contributed by atoms with E-state index in [1.165, 1.54) is 16.9 Å². The number of rotatable bonds is 6. The van der Waals surface area contributed by atoms with Crippen LogP contribution in [0.1, 0.15) is 20.8 Å². The Morgan fingerprint density at radius 2 is 1.89 bits per heavy atom. The molecular weight excluding hydrogens is 434 g/mol. The summed E-state index contributed by atoms with van der Waals surface area (Å²) in [5.74, 6) is -0.0637. The van der Waals surface area contributed by atoms with Crippen molar-refractivity contribution in [1.29, 1.82) is 0 Å². The molecule has 0 atom stereocenters. The van der Waals surface area contributed by atoms with Gasteiger partial charge in [-0.15, -0.1) is 11.3 Å². The highest BCUT2D eigenvalue weighted by atomic mass is 79.9. The van der Waals surface area contributed by atoms with Crippen molar-refractivity contribution in [1.82, 2.24) is 15.1 Å². The Kier molecular flexibility index (Phi) is 5.69. The molecule has 4 rings (SSSR count). The molecule has 1 N–H and O–H groups in total. The third-order valence-electron chi connectivity index (χ3n) is 4.45. The topological polar surface area (TPSA) is 46.9 Å². The molecule has 140 valence electrons. The predicted molar refractivity (Wildman–Crippen MR) is 116 cm³/mol. The molecule has 0 aliphatic carbocycles. The Morgan fingerprint density at radius 1 is 1.07 bits per heavy atom. The molecule has 0 aliphatic heterocycles. The van der Waals surface area contributed by atoms with Gasteiger partial charge in [0.05, 0.1) is 6.54 Å². The van der Waals surface area contributed by atoms with E-state index >= 15 is 0 Å². The van der Waals surface area contributed by atoms with E-state index < -0.39 is 0 Å². The van der Waals surface area contributed by atoms with Crippen LogP contribution < -0.4 is 5.32 Å². The number of thiophene rings is 1. The van der Waals surface area contributed by atoms with Crippen molar-refractivity contribution in [2.24, 2.45) is 0 Å². The maximum Gasteiger partial charge on any atom is 0.262 e. The quantitative estimate of drug-likeness (QED) is 0.429. The fourth-order valence-electron chi connectivity index (χ4n) is 3.04. The van der Waals surface area contributed by atoms with E-state index in [4.69, 9.17) is 0 Å². The van der Waals surface area contributed by atoms with Crippen molar-refractivity contribution >= 4 is 33.2 Å². The molecule has 28 heavy (non-hydrogen) atoms. The van der Waals surface area contributed by atoms with Gasteiger partial charge in [0.2, 0.25) is 0 Å². The van der Waals surface area contributed by atoms with Crippen LogP contribution in [-0.2, 0) is 13.1 Å². The summed E-state index contributed by atoms with van der Waals surface area (Å²) in [6.45, 7) is 1.23. The first-order chi connectivity index (χ1) is 13.7. The Bertz CT molecular complexity index is 1070. The summed E-state index contributed by atoms with van der Waals surface area (Å²) < 4.78 is 2.73. The molecule has 0 spiro atoms. The van der Waals surface area contributed by atoms with Gasteiger partial charge in [-0.3, -0.25) is 9.48 Å². The molecule has 4 aromatic rings. The molecule has 0 saturated heterocycles. The number of carbonyl (C=O) groups excluding carboxylic acids is 1. The number of aromatic nitrogens is 2. The fraction of sp³-hybridized carbons (Fsp3) is 0.0909. The number of carbonyl (C=O) groups is 1. The van der Waals surface area contributed by atoms with Gasteiger partial charge in [0, 0.05) is 23.4 Å². The average Bonchev–Trinajstić information content (AvgIpc) is 3.39. The van der Waals surface area contributed by atoms with E-state index in [1.54, 1.807) is 6.20 Å². The second-order valence-electron chi connectivity index (χ2n) is 6.34. The van der Waals surface area contributed by atoms with Gasteiger partial charge in [-0.1, -0.05) is 48.5 Å². The maximum atomic E-state index is 12.4. The van der Waals surface area contributed by atoms with Gasteiger partial charge in [-0.05, 0) is 55.7 Å². The molecule has 0 unspecified atom stereocenters. The monoisotopic (exact) mass is 451 g/mol. The normalized spacial score (nSPS) is 10.8. The van der Waals surface area contributed by atoms with Gasteiger partial charge in [0.15, 0.2) is 0 Å². The highest BCUT2D eigenvalue weighted by molar-refractivity contribution is 9.10. The molecule has 0 radical (unpaired) electrons. The number of nitrogens with zero attached hydrogens (tertiary/aromatic N) is 2. The van der Waals surface area contributed by atoms with Gasteiger partial charge in [0.25, 0.3) is 5.91 Å². The molecule has 6 heteroatoms. The first kappa shape index (κ1) is 18.7. The highest BCUT2D eigenvalue weighted by Gasteiger charge is 2.12. The second-order valence-corrected chi connectivity index (χ2v) is 8.11. The van der Waals surface area contributed by atoms with Crippen LogP contribution in [0.5, 0.6) is 0 Å². The van der Waals surface area contributed by atoms with E-state index in [2.05, 4.69) is 62.7 Å². The van der Waals surface area contributed by atoms with Gasteiger partial charge < -0.3 is 5.32 Å². The van der Waals surface area contributed by atoms with E-state index in [1.807, 2.05) is 40.5 Å². The van der Waals surface area contributed by atoms with E-state index in [0.29, 0.717) is 11.4 Å². The minimum absolute atomic E-state index is 0.0637. The molecule has 2 heterocycles. The molecule has 0 bridgehead atoms. The van der Waals surface area contributed by atoms with Crippen molar-refractivity contribution in [2.45, 2.75) is 13.1 Å². The Hall–Kier alpha value is -2.70. The fourth-order valence-corrected chi connectivity index (χ4v) is 4.51. The number of hydrogen-bond donors (Lipinski definition) is 1. The average molecular weight is 452 g/mol. The summed E-state index contributed by atoms with van der Waals surface area (Å²) in [5.41, 5.74) is 4.54. The van der Waals surface area contributed by atoms with Crippen LogP contribution in [-0.4, -0.2) is 15.7 Å². The van der Waals surface area contributed by atoms with E-state index in [-0.39, 0.29) is 5.91 Å². The smallest absolute Gasteiger partial charge is 0.262 e. The van der Waals surface area contributed by atoms with Crippen molar-refractivity contribution in [3.8, 4) is 11.1 Å². The summed E-state index contributed by atoms with van der Waals surface area (Å²) in [6, 6.07) is 20.5. The molecule has 1 amide bonds. The zero-order valence-corrected chi connectivity index (χ0v) is 17.4. The van der Waals surface area contributed by atoms with Gasteiger partial charge in [0.1, 0.15) is 4.88 Å². The zero-order chi connectivity index (χ0) is 19.3. The molecule has 0 fully saturated rings. The Balaban J connectivity index is 1.49. The van der Waals surface area contributed by atoms with Crippen LogP contribution in [0.4, 0.5) is 0 Å². The number of halogens is 1. The number of hydrogen-bond acceptors (Lipinski definition) is 3. The van der Waals surface area contributed by atoms with Crippen molar-refractivity contribution in [3.63, 3.8) is 0 Å². The lowest BCUT2D eigenvalue weighted by atomic mass is 9.98. The number of benzene rings is 2. The summed E-state index contributed by atoms with van der Waals surface area (Å²) >= 11 is 4.85. The zero-order valence-electron chi connectivity index (χ0n) is 15.0. The number of amides is 1. The Labute approximate surface area is 176 Å². The van der Waals surface area contributed by atoms with Crippen molar-refractivity contribution < 1.29 is 4.79 Å². The van der Waals surface area contributed by atoms with Crippen LogP contribution in [0.2, 0.25) is 0 Å². The molecule has 0 aliphatic rings. The SMILES string of the molecule is O=C(NCc1ccccc1-c1ccc(Cn2cccn2)cc1)c1sccc1Br. The van der Waals surface area contributed by atoms with Crippen LogP contribution in [0, 0.1) is 0 Å². The largest absolute Gasteiger partial charge is 0.347 e. The predicted octanol–water partition coefficient (Wildman–Crippen LogP) is 5.35. The van der Waals surface area contributed by atoms with Crippen LogP contribution in [0.15, 0.2) is 82.9 Å². The molecule has 2 aromatic heterocycles. The van der Waals surface area contributed by atoms with Crippen LogP contribution in [0.25, 0.3) is 11.1 Å². The molecule has 2 aromatic carbocycles. The second kappa shape index (κ2) is 8.54. The number of nitrogens with one attached hydrogen (secondary N) is 1. The van der Waals surface area contributed by atoms with Crippen LogP contribution in [0.3, 0.4) is 0 Å². The first-order valence-corrected chi connectivity index (χ1v) is 10.5. The van der Waals surface area contributed by atoms with Gasteiger partial charge in [-0.25, -0.2) is 0 Å². The van der Waals surface area contributed by atoms with Crippen LogP contribution >= 0.6 is 27.3 Å². The molecule has 4 nitrogen and oxygen atoms in total. The molecule has 0 saturated carbocycles. The minimum atomic E-state index is -0.0637. The van der Waals surface area contributed by atoms with Crippen molar-refractivity contribution in [2.75, 3.05) is 0 Å². The van der Waals surface area contributed by atoms with E-state index in [9.17, 15) is 4.79 Å². The third kappa shape index (κ3) is 4.24. The lowest BCUT2D eigenvalue weighted by molar-refractivity contribution is 0.0954. The summed E-state index contributed by atoms with van der Waals surface area (Å²) in [4.78, 5) is 13.1. The van der Waals surface area contributed by atoms with E-state index in [0.717, 1.165) is 27.7 Å². The lowest BCUT2D eigenvalue weighted by Crippen LogP contribution is -2.22. The maximum absolute atomic E-state index is 12.4. The standard InChI is InChI=1S/C22H18BrN3OS/c23-20-10-13-28-21(20)22(27)24-14-18-4-1-2-5-19(18)17-8-6-16(7-9-17)15-26-12-3-11-25-26/h1-13H,14-15H2,(H,24,27). The highest BCUT2D eigenvalue weighted by Crippen LogP contribution is 2.25. The van der Waals surface area contributed by atoms with Crippen molar-refractivity contribution in [3.05, 3.63) is 98.9 Å². The van der Waals surface area contributed by atoms with Gasteiger partial charge in [-0.2, -0.15) is 5.10 Å². The molecular formula is C22H18BrN3OS. The third-order valence-corrected chi connectivity index (χ3v) is 6.29. The Morgan fingerprint density at radius 3 is 2.61 bits per heavy atom. The minimum Gasteiger partial charge on any atom is -0.347 e. The summed E-state index contributed by atoms with van der Waals surface area (Å²) in [5, 5.41) is 9.17. The van der Waals surface area contributed by atoms with Gasteiger partial charge >= 0.3 is 0 Å². The first-order valence-electron chi connectivity index (χ1n) is 8.86.